The van der Waals surface area contributed by atoms with Gasteiger partial charge in [-0.1, -0.05) is 24.3 Å². The summed E-state index contributed by atoms with van der Waals surface area (Å²) in [4.78, 5) is 15.2. The molecule has 7 heteroatoms. The zero-order chi connectivity index (χ0) is 28.2. The highest BCUT2D eigenvalue weighted by atomic mass is 16.3. The van der Waals surface area contributed by atoms with Gasteiger partial charge in [-0.2, -0.15) is 4.57 Å². The Morgan fingerprint density at radius 2 is 1.70 bits per heavy atom. The van der Waals surface area contributed by atoms with Crippen molar-refractivity contribution in [3.63, 3.8) is 0 Å². The minimum absolute atomic E-state index is 0.0346. The molecule has 3 aromatic heterocycles. The minimum atomic E-state index is -2.49. The molecule has 0 saturated heterocycles. The number of benzene rings is 3. The summed E-state index contributed by atoms with van der Waals surface area (Å²) in [5.74, 6) is 1.03. The van der Waals surface area contributed by atoms with Crippen LogP contribution < -0.4 is 4.57 Å². The maximum absolute atomic E-state index is 8.26. The smallest absolute Gasteiger partial charge is 0.295 e. The van der Waals surface area contributed by atoms with Crippen LogP contribution in [0.15, 0.2) is 77.5 Å². The third-order valence-electron chi connectivity index (χ3n) is 6.50. The van der Waals surface area contributed by atoms with E-state index in [0.717, 1.165) is 33.7 Å². The number of rotatable bonds is 3. The number of furan rings is 1. The Morgan fingerprint density at radius 1 is 0.973 bits per heavy atom. The third kappa shape index (κ3) is 3.45. The summed E-state index contributed by atoms with van der Waals surface area (Å²) in [6, 6.07) is 19.1. The van der Waals surface area contributed by atoms with Gasteiger partial charge in [-0.25, -0.2) is 24.2 Å². The predicted molar refractivity (Wildman–Crippen MR) is 143 cm³/mol. The first-order valence-electron chi connectivity index (χ1n) is 13.0. The van der Waals surface area contributed by atoms with Crippen molar-refractivity contribution >= 4 is 33.4 Å². The molecule has 7 nitrogen and oxygen atoms in total. The lowest BCUT2D eigenvalue weighted by atomic mass is 10.0. The number of hydrogen-bond donors (Lipinski definition) is 0. The fourth-order valence-corrected chi connectivity index (χ4v) is 4.70. The fourth-order valence-electron chi connectivity index (χ4n) is 4.70. The average molecular weight is 485 g/mol. The first kappa shape index (κ1) is 19.0. The number of nitrogens with zero attached hydrogens (tertiary/aromatic N) is 6. The van der Waals surface area contributed by atoms with E-state index in [-0.39, 0.29) is 22.8 Å². The molecule has 0 N–H and O–H groups in total. The molecule has 6 aromatic rings. The van der Waals surface area contributed by atoms with Gasteiger partial charge in [0, 0.05) is 27.5 Å². The lowest BCUT2D eigenvalue weighted by Crippen LogP contribution is -2.30. The molecule has 3 aromatic carbocycles. The Labute approximate surface area is 217 Å². The Morgan fingerprint density at radius 3 is 2.41 bits per heavy atom. The Hall–Kier alpha value is -5.27. The molecule has 0 unspecified atom stereocenters. The maximum atomic E-state index is 8.26. The van der Waals surface area contributed by atoms with Crippen LogP contribution in [0.25, 0.3) is 60.4 Å². The number of imidazole rings is 1. The Bertz CT molecular complexity index is 2020. The number of aromatic nitrogens is 4. The van der Waals surface area contributed by atoms with Gasteiger partial charge in [-0.15, -0.1) is 0 Å². The average Bonchev–Trinajstić information content (AvgIpc) is 3.48. The van der Waals surface area contributed by atoms with E-state index in [4.69, 9.17) is 21.7 Å². The molecule has 0 atom stereocenters. The minimum Gasteiger partial charge on any atom is -0.452 e. The van der Waals surface area contributed by atoms with E-state index in [9.17, 15) is 0 Å². The highest BCUT2D eigenvalue weighted by Gasteiger charge is 2.28. The summed E-state index contributed by atoms with van der Waals surface area (Å²) in [6.45, 7) is 13.9. The third-order valence-corrected chi connectivity index (χ3v) is 6.50. The van der Waals surface area contributed by atoms with Crippen molar-refractivity contribution in [1.29, 1.82) is 0 Å². The van der Waals surface area contributed by atoms with Crippen LogP contribution in [0.1, 0.15) is 15.2 Å². The van der Waals surface area contributed by atoms with Crippen molar-refractivity contribution in [3.05, 3.63) is 107 Å². The van der Waals surface area contributed by atoms with E-state index in [1.165, 1.54) is 12.4 Å². The number of aryl methyl sites for hydroxylation is 3. The molecule has 0 fully saturated rings. The van der Waals surface area contributed by atoms with Crippen molar-refractivity contribution < 1.29 is 13.1 Å². The lowest BCUT2D eigenvalue weighted by Gasteiger charge is -2.07. The van der Waals surface area contributed by atoms with Crippen molar-refractivity contribution in [2.45, 2.75) is 13.8 Å². The van der Waals surface area contributed by atoms with Gasteiger partial charge >= 0.3 is 0 Å². The van der Waals surface area contributed by atoms with Gasteiger partial charge in [0.05, 0.1) is 25.8 Å². The summed E-state index contributed by atoms with van der Waals surface area (Å²) in [5.41, 5.74) is 5.79. The van der Waals surface area contributed by atoms with E-state index in [2.05, 4.69) is 28.8 Å². The molecule has 0 aliphatic heterocycles. The summed E-state index contributed by atoms with van der Waals surface area (Å²) < 4.78 is 35.2. The largest absolute Gasteiger partial charge is 0.452 e. The van der Waals surface area contributed by atoms with Gasteiger partial charge < -0.3 is 4.42 Å². The highest BCUT2D eigenvalue weighted by molar-refractivity contribution is 5.91. The second-order valence-electron chi connectivity index (χ2n) is 8.68. The number of hydrogen-bond acceptors (Lipinski definition) is 3. The van der Waals surface area contributed by atoms with Crippen LogP contribution in [0.4, 0.5) is 11.4 Å². The molecule has 0 amide bonds. The molecule has 0 bridgehead atoms. The normalized spacial score (nSPS) is 12.6. The number of fused-ring (bicyclic) bond motifs is 2. The zero-order valence-corrected chi connectivity index (χ0v) is 20.0. The molecule has 0 aliphatic rings. The molecule has 176 valence electrons. The summed E-state index contributed by atoms with van der Waals surface area (Å²) in [5, 5.41) is 0.459. The molecular formula is C30H21N6O+. The summed E-state index contributed by atoms with van der Waals surface area (Å²) in [7, 11) is 1.99. The van der Waals surface area contributed by atoms with Crippen LogP contribution >= 0.6 is 0 Å². The van der Waals surface area contributed by atoms with Crippen molar-refractivity contribution in [1.82, 2.24) is 14.5 Å². The van der Waals surface area contributed by atoms with Crippen LogP contribution in [-0.4, -0.2) is 14.5 Å². The first-order valence-corrected chi connectivity index (χ1v) is 11.5. The Balaban J connectivity index is 1.64. The number of para-hydroxylation sites is 2. The van der Waals surface area contributed by atoms with Gasteiger partial charge in [-0.05, 0) is 55.7 Å². The van der Waals surface area contributed by atoms with E-state index >= 15 is 0 Å². The second kappa shape index (κ2) is 8.44. The topological polar surface area (TPSA) is 56.5 Å². The lowest BCUT2D eigenvalue weighted by molar-refractivity contribution is -0.633. The van der Waals surface area contributed by atoms with Crippen LogP contribution in [0, 0.1) is 26.9 Å². The Kier molecular flexibility index (Phi) is 4.33. The van der Waals surface area contributed by atoms with Gasteiger partial charge in [-0.3, -0.25) is 0 Å². The zero-order valence-electron chi connectivity index (χ0n) is 23.0. The molecule has 3 heterocycles. The van der Waals surface area contributed by atoms with Gasteiger partial charge in [0.25, 0.3) is 5.82 Å². The highest BCUT2D eigenvalue weighted by Crippen LogP contribution is 2.37. The van der Waals surface area contributed by atoms with Gasteiger partial charge in [0.15, 0.2) is 28.3 Å². The molecule has 0 saturated carbocycles. The van der Waals surface area contributed by atoms with Gasteiger partial charge in [0.2, 0.25) is 5.69 Å². The SMILES string of the molecule is [2H]C([2H])([2H])c1c(-c2ncc([N+]#[C-])cn2)oc2cc(-c3n(-c4ccc([N+]#[C-])cc4)c4ccccc4[n+]3C)c(C)cc12. The molecule has 6 rings (SSSR count). The first-order chi connectivity index (χ1) is 19.2. The fraction of sp³-hybridized carbons (Fsp3) is 0.100. The standard InChI is InChI=1S/C30H21N6O/c1-18-14-24-19(2)28(29-33-16-21(32-4)17-34-29)37-27(24)15-23(18)30-35(5)25-8-6-7-9-26(25)36(30)22-12-10-20(31-3)11-13-22/h6-17H,1-2,5H3/q+1/i2D3. The monoisotopic (exact) mass is 484 g/mol. The quantitative estimate of drug-likeness (QED) is 0.200. The summed E-state index contributed by atoms with van der Waals surface area (Å²) in [6.07, 6.45) is 2.69. The van der Waals surface area contributed by atoms with Crippen LogP contribution in [0.5, 0.6) is 0 Å². The van der Waals surface area contributed by atoms with Crippen LogP contribution in [0.3, 0.4) is 0 Å². The summed E-state index contributed by atoms with van der Waals surface area (Å²) >= 11 is 0. The van der Waals surface area contributed by atoms with Crippen molar-refractivity contribution in [2.75, 3.05) is 0 Å². The van der Waals surface area contributed by atoms with Crippen molar-refractivity contribution in [3.8, 4) is 28.7 Å². The van der Waals surface area contributed by atoms with Crippen LogP contribution in [-0.2, 0) is 7.05 Å². The van der Waals surface area contributed by atoms with Crippen LogP contribution in [0.2, 0.25) is 0 Å². The van der Waals surface area contributed by atoms with E-state index in [1.54, 1.807) is 12.1 Å². The van der Waals surface area contributed by atoms with Crippen molar-refractivity contribution in [2.24, 2.45) is 7.05 Å². The predicted octanol–water partition coefficient (Wildman–Crippen LogP) is 7.04. The molecule has 0 aliphatic carbocycles. The van der Waals surface area contributed by atoms with E-state index in [1.807, 2.05) is 62.5 Å². The molecular weight excluding hydrogens is 460 g/mol. The van der Waals surface area contributed by atoms with E-state index in [0.29, 0.717) is 16.7 Å². The van der Waals surface area contributed by atoms with Gasteiger partial charge in [0.1, 0.15) is 11.3 Å². The maximum Gasteiger partial charge on any atom is 0.295 e. The molecule has 0 spiro atoms. The molecule has 37 heavy (non-hydrogen) atoms. The molecule has 0 radical (unpaired) electrons. The van der Waals surface area contributed by atoms with E-state index < -0.39 is 6.85 Å². The second-order valence-corrected chi connectivity index (χ2v) is 8.68.